The van der Waals surface area contributed by atoms with Gasteiger partial charge >= 0.3 is 0 Å². The van der Waals surface area contributed by atoms with Crippen molar-refractivity contribution in [2.24, 2.45) is 0 Å². The molecule has 1 atom stereocenters. The number of anilines is 1. The quantitative estimate of drug-likeness (QED) is 0.154. The van der Waals surface area contributed by atoms with Crippen LogP contribution in [0.4, 0.5) is 5.69 Å². The summed E-state index contributed by atoms with van der Waals surface area (Å²) in [7, 11) is 1.79. The molecule has 9 heteroatoms. The monoisotopic (exact) mass is 655 g/mol. The number of fused-ring (bicyclic) bond motifs is 2. The summed E-state index contributed by atoms with van der Waals surface area (Å²) < 4.78 is 12.8. The molecule has 0 saturated heterocycles. The zero-order valence-corrected chi connectivity index (χ0v) is 29.7. The predicted octanol–water partition coefficient (Wildman–Crippen LogP) is 5.32. The largest absolute Gasteiger partial charge is 0.488 e. The molecule has 1 radical (unpaired) electrons. The number of benzene rings is 2. The van der Waals surface area contributed by atoms with Crippen molar-refractivity contribution in [3.05, 3.63) is 65.2 Å². The molecule has 1 unspecified atom stereocenters. The van der Waals surface area contributed by atoms with E-state index in [9.17, 15) is 14.4 Å². The zero-order valence-electron chi connectivity index (χ0n) is 28.3. The molecule has 0 saturated carbocycles. The summed E-state index contributed by atoms with van der Waals surface area (Å²) in [5, 5.41) is 0. The fourth-order valence-corrected chi connectivity index (χ4v) is 6.13. The number of Topliss-reactive ketones (excluding diaryl/α,β-unsaturated/α-hetero) is 3. The van der Waals surface area contributed by atoms with Gasteiger partial charge in [-0.25, -0.2) is 0 Å². The number of ether oxygens (including phenoxy) is 2. The van der Waals surface area contributed by atoms with Crippen LogP contribution in [0, 0.1) is 6.07 Å². The van der Waals surface area contributed by atoms with Crippen molar-refractivity contribution in [1.82, 2.24) is 9.80 Å². The SMILES string of the molecule is CC(=O)CN(C)CN(CC(C)=O)CC(C)=O.CCCOCCN1c2ccccc2C(C)(C)C12C=Cc1c[c-]cc(CC)c1O2.[V]. The maximum atomic E-state index is 11.0. The van der Waals surface area contributed by atoms with Gasteiger partial charge in [-0.05, 0) is 65.8 Å². The number of hydrogen-bond donors (Lipinski definition) is 0. The Kier molecular flexibility index (Phi) is 14.7. The molecule has 4 rings (SSSR count). The van der Waals surface area contributed by atoms with Crippen LogP contribution in [0.2, 0.25) is 0 Å². The van der Waals surface area contributed by atoms with E-state index in [2.05, 4.69) is 81.1 Å². The van der Waals surface area contributed by atoms with Crippen molar-refractivity contribution in [2.45, 2.75) is 72.4 Å². The number of para-hydroxylation sites is 1. The molecule has 2 heterocycles. The molecular formula is C36H50N3O5V-. The van der Waals surface area contributed by atoms with Crippen LogP contribution in [0.25, 0.3) is 6.08 Å². The van der Waals surface area contributed by atoms with Crippen molar-refractivity contribution in [1.29, 1.82) is 0 Å². The second kappa shape index (κ2) is 17.2. The normalized spacial score (nSPS) is 17.2. The second-order valence-corrected chi connectivity index (χ2v) is 12.4. The Balaban J connectivity index is 0.000000359. The van der Waals surface area contributed by atoms with Crippen molar-refractivity contribution in [2.75, 3.05) is 58.0 Å². The van der Waals surface area contributed by atoms with E-state index in [1.54, 1.807) is 16.8 Å². The van der Waals surface area contributed by atoms with Crippen LogP contribution in [0.1, 0.15) is 71.6 Å². The summed E-state index contributed by atoms with van der Waals surface area (Å²) in [6.45, 7) is 16.9. The molecule has 0 aromatic heterocycles. The molecule has 0 aliphatic carbocycles. The first kappa shape index (κ1) is 38.4. The minimum Gasteiger partial charge on any atom is -0.488 e. The van der Waals surface area contributed by atoms with Gasteiger partial charge in [-0.1, -0.05) is 44.0 Å². The average molecular weight is 656 g/mol. The van der Waals surface area contributed by atoms with E-state index >= 15 is 0 Å². The van der Waals surface area contributed by atoms with Crippen LogP contribution < -0.4 is 9.64 Å². The number of carbonyl (C=O) groups excluding carboxylic acids is 3. The van der Waals surface area contributed by atoms with Crippen molar-refractivity contribution in [3.63, 3.8) is 0 Å². The van der Waals surface area contributed by atoms with E-state index in [4.69, 9.17) is 9.47 Å². The first-order chi connectivity index (χ1) is 20.9. The summed E-state index contributed by atoms with van der Waals surface area (Å²) in [5.41, 5.74) is 4.10. The topological polar surface area (TPSA) is 79.4 Å². The molecule has 2 aliphatic heterocycles. The van der Waals surface area contributed by atoms with Gasteiger partial charge in [0.2, 0.25) is 5.72 Å². The van der Waals surface area contributed by atoms with Crippen molar-refractivity contribution < 1.29 is 42.4 Å². The Labute approximate surface area is 282 Å². The average Bonchev–Trinajstić information content (AvgIpc) is 3.12. The second-order valence-electron chi connectivity index (χ2n) is 12.4. The first-order valence-electron chi connectivity index (χ1n) is 15.6. The minimum absolute atomic E-state index is 0. The number of ketones is 3. The Morgan fingerprint density at radius 2 is 1.60 bits per heavy atom. The Morgan fingerprint density at radius 3 is 2.20 bits per heavy atom. The molecule has 245 valence electrons. The summed E-state index contributed by atoms with van der Waals surface area (Å²) in [6, 6.07) is 16.0. The third kappa shape index (κ3) is 9.40. The van der Waals surface area contributed by atoms with E-state index in [1.165, 1.54) is 37.6 Å². The molecule has 0 amide bonds. The Bertz CT molecular complexity index is 1330. The Morgan fingerprint density at radius 1 is 0.956 bits per heavy atom. The van der Waals surface area contributed by atoms with Gasteiger partial charge in [0.1, 0.15) is 17.3 Å². The van der Waals surface area contributed by atoms with Crippen LogP contribution in [-0.2, 0) is 49.5 Å². The van der Waals surface area contributed by atoms with Gasteiger partial charge < -0.3 is 14.4 Å². The maximum absolute atomic E-state index is 11.0. The Hall–Kier alpha value is -2.75. The third-order valence-corrected chi connectivity index (χ3v) is 7.98. The summed E-state index contributed by atoms with van der Waals surface area (Å²) >= 11 is 0. The van der Waals surface area contributed by atoms with Crippen LogP contribution in [-0.4, -0.2) is 86.0 Å². The van der Waals surface area contributed by atoms with Gasteiger partial charge in [-0.3, -0.25) is 24.2 Å². The standard InChI is InChI=1S/C25H30NO2.C11H20N2O3.V/c1-5-17-27-18-16-26-22-13-8-7-12-21(22)24(3,4)25(26)15-14-20-11-9-10-19(6-2)23(20)28-25;1-9(14)5-12(4)8-13(6-10(2)15)7-11(3)16;/h7-8,10-15H,5-6,16-18H2,1-4H3;5-8H2,1-4H3;/q-1;;. The molecule has 45 heavy (non-hydrogen) atoms. The van der Waals surface area contributed by atoms with Gasteiger partial charge in [0.15, 0.2) is 0 Å². The maximum Gasteiger partial charge on any atom is 0.208 e. The zero-order chi connectivity index (χ0) is 32.5. The molecule has 0 fully saturated rings. The molecule has 2 aliphatic rings. The molecule has 8 nitrogen and oxygen atoms in total. The minimum atomic E-state index is -0.565. The number of carbonyl (C=O) groups is 3. The van der Waals surface area contributed by atoms with Crippen LogP contribution in [0.3, 0.4) is 0 Å². The molecule has 1 spiro atoms. The van der Waals surface area contributed by atoms with Crippen LogP contribution in [0.15, 0.2) is 42.5 Å². The number of aryl methyl sites for hydroxylation is 1. The van der Waals surface area contributed by atoms with Crippen molar-refractivity contribution >= 4 is 29.1 Å². The van der Waals surface area contributed by atoms with E-state index in [0.717, 1.165) is 37.3 Å². The van der Waals surface area contributed by atoms with E-state index < -0.39 is 5.72 Å². The van der Waals surface area contributed by atoms with Gasteiger partial charge in [-0.15, -0.1) is 11.6 Å². The van der Waals surface area contributed by atoms with Gasteiger partial charge in [0, 0.05) is 43.1 Å². The van der Waals surface area contributed by atoms with Crippen LogP contribution in [0.5, 0.6) is 5.75 Å². The third-order valence-electron chi connectivity index (χ3n) is 7.98. The smallest absolute Gasteiger partial charge is 0.208 e. The van der Waals surface area contributed by atoms with Crippen molar-refractivity contribution in [3.8, 4) is 5.75 Å². The fourth-order valence-electron chi connectivity index (χ4n) is 6.13. The number of likely N-dealkylation sites (N-methyl/N-ethyl adjacent to an activating group) is 1. The number of nitrogens with zero attached hydrogens (tertiary/aromatic N) is 3. The fraction of sp³-hybridized carbons (Fsp3) is 0.528. The van der Waals surface area contributed by atoms with Gasteiger partial charge in [0.05, 0.1) is 38.3 Å². The molecule has 0 N–H and O–H groups in total. The summed E-state index contributed by atoms with van der Waals surface area (Å²) in [5.74, 6) is 1.08. The van der Waals surface area contributed by atoms with E-state index in [1.807, 2.05) is 6.07 Å². The van der Waals surface area contributed by atoms with Gasteiger partial charge in [0.25, 0.3) is 0 Å². The summed E-state index contributed by atoms with van der Waals surface area (Å²) in [6.07, 6.45) is 6.41. The predicted molar refractivity (Wildman–Crippen MR) is 176 cm³/mol. The number of hydrogen-bond acceptors (Lipinski definition) is 8. The van der Waals surface area contributed by atoms with E-state index in [0.29, 0.717) is 19.8 Å². The molecular weight excluding hydrogens is 605 g/mol. The molecule has 2 aromatic carbocycles. The first-order valence-corrected chi connectivity index (χ1v) is 15.6. The number of rotatable bonds is 14. The molecule has 2 aromatic rings. The van der Waals surface area contributed by atoms with E-state index in [-0.39, 0.29) is 54.4 Å². The van der Waals surface area contributed by atoms with Gasteiger partial charge in [-0.2, -0.15) is 18.2 Å². The molecule has 0 bridgehead atoms. The summed E-state index contributed by atoms with van der Waals surface area (Å²) in [4.78, 5) is 38.8. The van der Waals surface area contributed by atoms with Crippen LogP contribution >= 0.6 is 0 Å².